The molecule has 29 heavy (non-hydrogen) atoms. The Morgan fingerprint density at radius 2 is 2.07 bits per heavy atom. The molecule has 1 aromatic heterocycles. The topological polar surface area (TPSA) is 33.2 Å². The molecule has 0 spiro atoms. The Morgan fingerprint density at radius 1 is 1.24 bits per heavy atom. The van der Waals surface area contributed by atoms with Crippen LogP contribution in [0.3, 0.4) is 0 Å². The molecule has 2 aromatic carbocycles. The van der Waals surface area contributed by atoms with Gasteiger partial charge < -0.3 is 4.90 Å². The lowest BCUT2D eigenvalue weighted by Gasteiger charge is -2.54. The Labute approximate surface area is 180 Å². The number of carbonyl (C=O) groups is 1. The SMILES string of the molecule is CCc1cccc2sc(SC3CC(=O)N(C)C4CCc5ccccc5C34C)nc12. The molecule has 3 atom stereocenters. The number of aromatic nitrogens is 1. The molecule has 5 rings (SSSR count). The first-order valence-corrected chi connectivity index (χ1v) is 12.1. The maximum atomic E-state index is 12.9. The number of rotatable bonds is 3. The van der Waals surface area contributed by atoms with Gasteiger partial charge in [0.2, 0.25) is 5.91 Å². The number of hydrogen-bond donors (Lipinski definition) is 0. The summed E-state index contributed by atoms with van der Waals surface area (Å²) in [5, 5.41) is 0.197. The van der Waals surface area contributed by atoms with Gasteiger partial charge in [-0.25, -0.2) is 4.98 Å². The first-order chi connectivity index (χ1) is 14.0. The van der Waals surface area contributed by atoms with Gasteiger partial charge in [-0.3, -0.25) is 4.79 Å². The van der Waals surface area contributed by atoms with Crippen molar-refractivity contribution in [2.45, 2.75) is 60.6 Å². The maximum Gasteiger partial charge on any atom is 0.223 e. The zero-order chi connectivity index (χ0) is 20.2. The summed E-state index contributed by atoms with van der Waals surface area (Å²) in [6, 6.07) is 15.5. The van der Waals surface area contributed by atoms with Crippen molar-refractivity contribution in [2.75, 3.05) is 7.05 Å². The number of thioether (sulfide) groups is 1. The molecular formula is C24H26N2OS2. The Hall–Kier alpha value is -1.85. The number of piperidine rings is 1. The third kappa shape index (κ3) is 2.93. The summed E-state index contributed by atoms with van der Waals surface area (Å²) < 4.78 is 2.34. The van der Waals surface area contributed by atoms with Gasteiger partial charge in [-0.15, -0.1) is 11.3 Å². The highest BCUT2D eigenvalue weighted by Crippen LogP contribution is 2.52. The van der Waals surface area contributed by atoms with Crippen LogP contribution in [0.5, 0.6) is 0 Å². The molecular weight excluding hydrogens is 396 g/mol. The average Bonchev–Trinajstić information content (AvgIpc) is 3.15. The summed E-state index contributed by atoms with van der Waals surface area (Å²) in [6.45, 7) is 4.56. The van der Waals surface area contributed by atoms with Crippen molar-refractivity contribution < 1.29 is 4.79 Å². The smallest absolute Gasteiger partial charge is 0.223 e. The van der Waals surface area contributed by atoms with Crippen LogP contribution >= 0.6 is 23.1 Å². The van der Waals surface area contributed by atoms with Crippen LogP contribution in [-0.4, -0.2) is 34.1 Å². The van der Waals surface area contributed by atoms with E-state index in [0.29, 0.717) is 6.42 Å². The quantitative estimate of drug-likeness (QED) is 0.562. The van der Waals surface area contributed by atoms with Crippen molar-refractivity contribution in [3.63, 3.8) is 0 Å². The van der Waals surface area contributed by atoms with Gasteiger partial charge in [0.15, 0.2) is 4.34 Å². The van der Waals surface area contributed by atoms with E-state index in [1.807, 2.05) is 23.7 Å². The minimum absolute atomic E-state index is 0.0619. The fourth-order valence-corrected chi connectivity index (χ4v) is 8.01. The fraction of sp³-hybridized carbons (Fsp3) is 0.417. The van der Waals surface area contributed by atoms with Gasteiger partial charge in [0.1, 0.15) is 0 Å². The van der Waals surface area contributed by atoms with Gasteiger partial charge in [-0.1, -0.05) is 62.0 Å². The molecule has 150 valence electrons. The van der Waals surface area contributed by atoms with E-state index in [2.05, 4.69) is 56.3 Å². The van der Waals surface area contributed by atoms with Crippen molar-refractivity contribution >= 4 is 39.2 Å². The number of benzene rings is 2. The van der Waals surface area contributed by atoms with Crippen LogP contribution in [0.1, 0.15) is 43.4 Å². The zero-order valence-corrected chi connectivity index (χ0v) is 18.8. The Bertz CT molecular complexity index is 1090. The number of likely N-dealkylation sites (tertiary alicyclic amines) is 1. The summed E-state index contributed by atoms with van der Waals surface area (Å²) in [4.78, 5) is 19.9. The number of para-hydroxylation sites is 1. The molecule has 0 saturated carbocycles. The molecule has 3 nitrogen and oxygen atoms in total. The lowest BCUT2D eigenvalue weighted by Crippen LogP contribution is -2.61. The molecule has 5 heteroatoms. The molecule has 0 radical (unpaired) electrons. The molecule has 1 fully saturated rings. The van der Waals surface area contributed by atoms with E-state index in [0.717, 1.165) is 29.1 Å². The highest BCUT2D eigenvalue weighted by molar-refractivity contribution is 8.01. The number of nitrogens with zero attached hydrogens (tertiary/aromatic N) is 2. The number of amides is 1. The van der Waals surface area contributed by atoms with Gasteiger partial charge in [0.25, 0.3) is 0 Å². The van der Waals surface area contributed by atoms with Crippen LogP contribution in [-0.2, 0) is 23.1 Å². The summed E-state index contributed by atoms with van der Waals surface area (Å²) in [5.41, 5.74) is 5.23. The average molecular weight is 423 g/mol. The number of fused-ring (bicyclic) bond motifs is 4. The van der Waals surface area contributed by atoms with Gasteiger partial charge in [-0.2, -0.15) is 0 Å². The van der Waals surface area contributed by atoms with Crippen molar-refractivity contribution in [3.05, 3.63) is 59.2 Å². The van der Waals surface area contributed by atoms with Crippen LogP contribution in [0, 0.1) is 0 Å². The molecule has 1 amide bonds. The molecule has 0 N–H and O–H groups in total. The standard InChI is InChI=1S/C24H26N2OS2/c1-4-15-9-7-11-18-22(15)25-23(28-18)29-20-14-21(27)26(3)19-13-12-16-8-5-6-10-17(16)24(19,20)2/h5-11,19-20H,4,12-14H2,1-3H3. The monoisotopic (exact) mass is 422 g/mol. The number of likely N-dealkylation sites (N-methyl/N-ethyl adjacent to an activating group) is 1. The molecule has 1 aliphatic heterocycles. The fourth-order valence-electron chi connectivity index (χ4n) is 5.31. The van der Waals surface area contributed by atoms with Crippen LogP contribution < -0.4 is 0 Å². The van der Waals surface area contributed by atoms with E-state index in [1.165, 1.54) is 21.4 Å². The molecule has 2 heterocycles. The molecule has 1 saturated heterocycles. The normalized spacial score (nSPS) is 26.4. The number of hydrogen-bond acceptors (Lipinski definition) is 4. The van der Waals surface area contributed by atoms with Gasteiger partial charge in [0, 0.05) is 30.2 Å². The Balaban J connectivity index is 1.58. The molecule has 2 aliphatic rings. The van der Waals surface area contributed by atoms with Gasteiger partial charge >= 0.3 is 0 Å². The van der Waals surface area contributed by atoms with Crippen molar-refractivity contribution in [1.82, 2.24) is 9.88 Å². The van der Waals surface area contributed by atoms with E-state index in [9.17, 15) is 4.79 Å². The van der Waals surface area contributed by atoms with E-state index in [1.54, 1.807) is 11.3 Å². The molecule has 3 aromatic rings. The maximum absolute atomic E-state index is 12.9. The van der Waals surface area contributed by atoms with E-state index < -0.39 is 0 Å². The van der Waals surface area contributed by atoms with Gasteiger partial charge in [-0.05, 0) is 42.0 Å². The minimum Gasteiger partial charge on any atom is -0.342 e. The van der Waals surface area contributed by atoms with E-state index in [-0.39, 0.29) is 22.6 Å². The lowest BCUT2D eigenvalue weighted by molar-refractivity contribution is -0.137. The second-order valence-electron chi connectivity index (χ2n) is 8.41. The Kier molecular flexibility index (Phi) is 4.71. The summed E-state index contributed by atoms with van der Waals surface area (Å²) in [7, 11) is 1.99. The summed E-state index contributed by atoms with van der Waals surface area (Å²) in [5.74, 6) is 0.264. The minimum atomic E-state index is -0.0619. The predicted molar refractivity (Wildman–Crippen MR) is 122 cm³/mol. The van der Waals surface area contributed by atoms with Crippen LogP contribution in [0.15, 0.2) is 46.8 Å². The van der Waals surface area contributed by atoms with Crippen LogP contribution in [0.4, 0.5) is 0 Å². The molecule has 1 aliphatic carbocycles. The van der Waals surface area contributed by atoms with Crippen molar-refractivity contribution in [2.24, 2.45) is 0 Å². The number of thiazole rings is 1. The first-order valence-electron chi connectivity index (χ1n) is 10.4. The zero-order valence-electron chi connectivity index (χ0n) is 17.1. The lowest BCUT2D eigenvalue weighted by atomic mass is 9.63. The van der Waals surface area contributed by atoms with Crippen LogP contribution in [0.25, 0.3) is 10.2 Å². The van der Waals surface area contributed by atoms with Crippen LogP contribution in [0.2, 0.25) is 0 Å². The van der Waals surface area contributed by atoms with E-state index >= 15 is 0 Å². The Morgan fingerprint density at radius 3 is 2.90 bits per heavy atom. The van der Waals surface area contributed by atoms with Crippen molar-refractivity contribution in [3.8, 4) is 0 Å². The molecule has 0 bridgehead atoms. The first kappa shape index (κ1) is 19.1. The third-order valence-electron chi connectivity index (χ3n) is 6.97. The van der Waals surface area contributed by atoms with Crippen molar-refractivity contribution in [1.29, 1.82) is 0 Å². The molecule has 3 unspecified atom stereocenters. The second-order valence-corrected chi connectivity index (χ2v) is 10.9. The largest absolute Gasteiger partial charge is 0.342 e. The predicted octanol–water partition coefficient (Wildman–Crippen LogP) is 5.45. The summed E-state index contributed by atoms with van der Waals surface area (Å²) in [6.07, 6.45) is 3.64. The number of aryl methyl sites for hydroxylation is 2. The third-order valence-corrected chi connectivity index (χ3v) is 9.56. The highest BCUT2D eigenvalue weighted by atomic mass is 32.2. The highest BCUT2D eigenvalue weighted by Gasteiger charge is 2.53. The number of carbonyl (C=O) groups excluding carboxylic acids is 1. The summed E-state index contributed by atoms with van der Waals surface area (Å²) >= 11 is 3.59. The van der Waals surface area contributed by atoms with E-state index in [4.69, 9.17) is 4.98 Å². The van der Waals surface area contributed by atoms with Gasteiger partial charge in [0.05, 0.1) is 10.2 Å². The second kappa shape index (κ2) is 7.13.